The molecule has 0 fully saturated rings. The number of aryl methyl sites for hydroxylation is 1. The third kappa shape index (κ3) is 10.6. The Morgan fingerprint density at radius 3 is 1.81 bits per heavy atom. The van der Waals surface area contributed by atoms with Crippen molar-refractivity contribution in [1.82, 2.24) is 0 Å². The average molecular weight is 588 g/mol. The molecule has 0 aliphatic heterocycles. The maximum absolute atomic E-state index is 12.7. The van der Waals surface area contributed by atoms with Crippen LogP contribution in [-0.2, 0) is 33.4 Å². The molecule has 0 saturated heterocycles. The fraction of sp³-hybridized carbons (Fsp3) is 0.257. The highest BCUT2D eigenvalue weighted by Crippen LogP contribution is 2.48. The second-order valence-corrected chi connectivity index (χ2v) is 11.7. The summed E-state index contributed by atoms with van der Waals surface area (Å²) in [6.45, 7) is 6.10. The van der Waals surface area contributed by atoms with Crippen LogP contribution in [-0.4, -0.2) is 19.4 Å². The summed E-state index contributed by atoms with van der Waals surface area (Å²) in [5.41, 5.74) is 4.29. The Bertz CT molecular complexity index is 1400. The lowest BCUT2D eigenvalue weighted by Crippen LogP contribution is -2.33. The summed E-state index contributed by atoms with van der Waals surface area (Å²) in [5, 5.41) is 0. The number of pyridine rings is 1. The van der Waals surface area contributed by atoms with E-state index < -0.39 is 7.60 Å². The van der Waals surface area contributed by atoms with Crippen molar-refractivity contribution < 1.29 is 27.7 Å². The van der Waals surface area contributed by atoms with Gasteiger partial charge in [0.2, 0.25) is 0 Å². The number of aromatic nitrogens is 1. The zero-order chi connectivity index (χ0) is 28.8. The first-order chi connectivity index (χ1) is 20.1. The molecule has 0 aliphatic carbocycles. The van der Waals surface area contributed by atoms with Crippen molar-refractivity contribution in [2.24, 2.45) is 0 Å². The van der Waals surface area contributed by atoms with Gasteiger partial charge in [0.25, 0.3) is 0 Å². The van der Waals surface area contributed by atoms with Gasteiger partial charge in [-0.15, -0.1) is 0 Å². The van der Waals surface area contributed by atoms with Gasteiger partial charge in [-0.1, -0.05) is 78.9 Å². The summed E-state index contributed by atoms with van der Waals surface area (Å²) >= 11 is 0. The highest BCUT2D eigenvalue weighted by molar-refractivity contribution is 7.53. The normalized spacial score (nSPS) is 11.3. The fourth-order valence-electron chi connectivity index (χ4n) is 4.26. The van der Waals surface area contributed by atoms with Crippen molar-refractivity contribution in [3.63, 3.8) is 0 Å². The summed E-state index contributed by atoms with van der Waals surface area (Å²) in [4.78, 5) is 0. The summed E-state index contributed by atoms with van der Waals surface area (Å²) in [7, 11) is -3.01. The predicted molar refractivity (Wildman–Crippen MR) is 170 cm³/mol. The van der Waals surface area contributed by atoms with Crippen LogP contribution in [0.25, 0.3) is 12.2 Å². The van der Waals surface area contributed by atoms with E-state index in [1.165, 1.54) is 0 Å². The molecule has 3 aromatic carbocycles. The maximum Gasteiger partial charge on any atom is 0.330 e. The molecule has 7 heteroatoms. The number of rotatable bonds is 16. The molecule has 222 valence electrons. The van der Waals surface area contributed by atoms with Gasteiger partial charge in [0.15, 0.2) is 23.9 Å². The zero-order valence-electron chi connectivity index (χ0n) is 24.9. The van der Waals surface area contributed by atoms with Gasteiger partial charge in [0, 0.05) is 18.6 Å². The number of ether oxygens (including phenoxy) is 2. The minimum atomic E-state index is -3.01. The number of benzene rings is 3. The van der Waals surface area contributed by atoms with E-state index in [1.54, 1.807) is 0 Å². The van der Waals surface area contributed by atoms with Crippen LogP contribution >= 0.6 is 7.60 Å². The Labute approximate surface area is 251 Å². The van der Waals surface area contributed by atoms with Gasteiger partial charge >= 0.3 is 7.60 Å². The van der Waals surface area contributed by atoms with E-state index in [0.29, 0.717) is 50.5 Å². The molecular formula is C35H42NO5P. The highest BCUT2D eigenvalue weighted by atomic mass is 31.2. The van der Waals surface area contributed by atoms with Crippen LogP contribution in [0.3, 0.4) is 0 Å². The van der Waals surface area contributed by atoms with Gasteiger partial charge in [-0.3, -0.25) is 4.57 Å². The van der Waals surface area contributed by atoms with E-state index in [4.69, 9.17) is 18.5 Å². The van der Waals surface area contributed by atoms with Crippen molar-refractivity contribution >= 4 is 19.7 Å². The zero-order valence-corrected chi connectivity index (χ0v) is 25.7. The first kappa shape index (κ1) is 32.8. The van der Waals surface area contributed by atoms with E-state index >= 15 is 0 Å². The minimum absolute atomic E-state index is 0. The Balaban J connectivity index is 0.00000484. The standard InChI is InChI=1S/C34H39NO5P.CH3/c1-3-39-41(36,40-4-2)25-11-22-35-23-20-29(21-24-35)16-17-30-18-19-33(37-27-31-12-7-5-8-13-31)34(26-30)38-28-32-14-9-6-10-15-32;/h5-10,12-21,23-24,26H,3-4,11,22,25,27-28H2,1-2H3;1H3/q+1;-1. The van der Waals surface area contributed by atoms with Crippen LogP contribution in [0.5, 0.6) is 11.5 Å². The maximum atomic E-state index is 12.7. The molecule has 0 atom stereocenters. The van der Waals surface area contributed by atoms with Crippen LogP contribution in [0, 0.1) is 7.43 Å². The topological polar surface area (TPSA) is 57.9 Å². The minimum Gasteiger partial charge on any atom is -0.485 e. The van der Waals surface area contributed by atoms with Crippen molar-refractivity contribution in [3.8, 4) is 11.5 Å². The number of hydrogen-bond donors (Lipinski definition) is 0. The number of hydrogen-bond acceptors (Lipinski definition) is 5. The quantitative estimate of drug-likeness (QED) is 0.0748. The van der Waals surface area contributed by atoms with E-state index in [2.05, 4.69) is 28.9 Å². The average Bonchev–Trinajstić information content (AvgIpc) is 3.00. The Morgan fingerprint density at radius 2 is 1.24 bits per heavy atom. The van der Waals surface area contributed by atoms with E-state index in [9.17, 15) is 4.57 Å². The first-order valence-corrected chi connectivity index (χ1v) is 15.8. The van der Waals surface area contributed by atoms with E-state index in [0.717, 1.165) is 28.8 Å². The summed E-state index contributed by atoms with van der Waals surface area (Å²) < 4.78 is 37.9. The molecule has 0 amide bonds. The molecule has 4 rings (SSSR count). The molecule has 0 N–H and O–H groups in total. The van der Waals surface area contributed by atoms with Gasteiger partial charge in [-0.25, -0.2) is 4.57 Å². The van der Waals surface area contributed by atoms with Crippen molar-refractivity contribution in [3.05, 3.63) is 133 Å². The van der Waals surface area contributed by atoms with E-state index in [-0.39, 0.29) is 7.43 Å². The molecule has 0 spiro atoms. The van der Waals surface area contributed by atoms with E-state index in [1.807, 2.05) is 105 Å². The third-order valence-corrected chi connectivity index (χ3v) is 8.49. The second kappa shape index (κ2) is 17.3. The van der Waals surface area contributed by atoms with Gasteiger partial charge in [-0.2, -0.15) is 0 Å². The Morgan fingerprint density at radius 1 is 0.690 bits per heavy atom. The summed E-state index contributed by atoms with van der Waals surface area (Å²) in [6.07, 6.45) is 9.31. The van der Waals surface area contributed by atoms with Gasteiger partial charge < -0.3 is 25.9 Å². The lowest BCUT2D eigenvalue weighted by atomic mass is 10.1. The summed E-state index contributed by atoms with van der Waals surface area (Å²) in [5.74, 6) is 1.41. The molecule has 42 heavy (non-hydrogen) atoms. The third-order valence-electron chi connectivity index (χ3n) is 6.33. The molecular weight excluding hydrogens is 545 g/mol. The SMILES string of the molecule is CCOP(=O)(CCC[n+]1ccc(C=Cc2ccc(OCc3ccccc3)c(OCc3ccccc3)c2)cc1)OCC.[CH3-]. The van der Waals surface area contributed by atoms with Crippen LogP contribution in [0.2, 0.25) is 0 Å². The fourth-order valence-corrected chi connectivity index (χ4v) is 5.91. The van der Waals surface area contributed by atoms with Gasteiger partial charge in [0.1, 0.15) is 19.8 Å². The molecule has 4 aromatic rings. The highest BCUT2D eigenvalue weighted by Gasteiger charge is 2.23. The smallest absolute Gasteiger partial charge is 0.330 e. The first-order valence-electron chi connectivity index (χ1n) is 14.1. The molecule has 0 radical (unpaired) electrons. The Hall–Kier alpha value is -3.70. The molecule has 0 saturated carbocycles. The van der Waals surface area contributed by atoms with Crippen LogP contribution < -0.4 is 14.0 Å². The lowest BCUT2D eigenvalue weighted by molar-refractivity contribution is -0.696. The van der Waals surface area contributed by atoms with Gasteiger partial charge in [0.05, 0.1) is 19.4 Å². The largest absolute Gasteiger partial charge is 0.485 e. The molecule has 0 unspecified atom stereocenters. The lowest BCUT2D eigenvalue weighted by Gasteiger charge is -2.15. The molecule has 1 heterocycles. The van der Waals surface area contributed by atoms with Crippen molar-refractivity contribution in [2.45, 2.75) is 40.0 Å². The molecule has 6 nitrogen and oxygen atoms in total. The molecule has 0 aliphatic rings. The van der Waals surface area contributed by atoms with Gasteiger partial charge in [-0.05, 0) is 48.2 Å². The molecule has 1 aromatic heterocycles. The summed E-state index contributed by atoms with van der Waals surface area (Å²) in [6, 6.07) is 30.3. The van der Waals surface area contributed by atoms with Crippen LogP contribution in [0.4, 0.5) is 0 Å². The predicted octanol–water partition coefficient (Wildman–Crippen LogP) is 8.41. The Kier molecular flexibility index (Phi) is 13.5. The number of nitrogens with zero attached hydrogens (tertiary/aromatic N) is 1. The molecule has 0 bridgehead atoms. The van der Waals surface area contributed by atoms with Crippen LogP contribution in [0.15, 0.2) is 103 Å². The second-order valence-electron chi connectivity index (χ2n) is 9.48. The van der Waals surface area contributed by atoms with Crippen molar-refractivity contribution in [1.29, 1.82) is 0 Å². The van der Waals surface area contributed by atoms with Crippen LogP contribution in [0.1, 0.15) is 42.5 Å². The van der Waals surface area contributed by atoms with Crippen molar-refractivity contribution in [2.75, 3.05) is 19.4 Å². The monoisotopic (exact) mass is 587 g/mol.